The lowest BCUT2D eigenvalue weighted by atomic mass is 9.98. The molecular weight excluding hydrogens is 506 g/mol. The molecule has 0 unspecified atom stereocenters. The highest BCUT2D eigenvalue weighted by molar-refractivity contribution is 7.59. The molecule has 1 aliphatic heterocycles. The van der Waals surface area contributed by atoms with E-state index in [-0.39, 0.29) is 71.8 Å². The molecule has 3 N–H and O–H groups in total. The summed E-state index contributed by atoms with van der Waals surface area (Å²) in [5.74, 6) is -0.947. The normalized spacial score (nSPS) is 15.5. The minimum absolute atomic E-state index is 0. The number of hydrogen-bond acceptors (Lipinski definition) is 5. The van der Waals surface area contributed by atoms with Crippen LogP contribution in [-0.4, -0.2) is 42.8 Å². The molecule has 2 aromatic carbocycles. The number of hydrogen-bond donors (Lipinski definition) is 3. The third-order valence-electron chi connectivity index (χ3n) is 5.30. The van der Waals surface area contributed by atoms with Crippen molar-refractivity contribution >= 4 is 64.7 Å². The Hall–Kier alpha value is -2.63. The third-order valence-corrected chi connectivity index (χ3v) is 5.30. The van der Waals surface area contributed by atoms with Crippen LogP contribution in [0.2, 0.25) is 0 Å². The zero-order valence-corrected chi connectivity index (χ0v) is 22.2. The third kappa shape index (κ3) is 10.7. The number of amides is 3. The van der Waals surface area contributed by atoms with Gasteiger partial charge in [0.05, 0.1) is 6.04 Å². The van der Waals surface area contributed by atoms with Crippen molar-refractivity contribution in [2.45, 2.75) is 38.0 Å². The maximum absolute atomic E-state index is 12.9. The van der Waals surface area contributed by atoms with Gasteiger partial charge in [-0.25, -0.2) is 4.79 Å². The Kier molecular flexibility index (Phi) is 15.6. The van der Waals surface area contributed by atoms with E-state index in [2.05, 4.69) is 16.0 Å². The van der Waals surface area contributed by atoms with Gasteiger partial charge in [-0.3, -0.25) is 9.59 Å². The van der Waals surface area contributed by atoms with Gasteiger partial charge in [-0.05, 0) is 24.0 Å². The van der Waals surface area contributed by atoms with Gasteiger partial charge >= 0.3 is 6.09 Å². The average molecular weight is 540 g/mol. The smallest absolute Gasteiger partial charge is 0.408 e. The lowest BCUT2D eigenvalue weighted by Crippen LogP contribution is -2.51. The molecule has 0 bridgehead atoms. The van der Waals surface area contributed by atoms with Crippen LogP contribution in [0.4, 0.5) is 4.79 Å². The van der Waals surface area contributed by atoms with Crippen LogP contribution >= 0.6 is 40.5 Å². The van der Waals surface area contributed by atoms with Crippen molar-refractivity contribution in [2.24, 2.45) is 5.92 Å². The molecule has 1 heterocycles. The molecule has 1 aliphatic rings. The molecule has 1 fully saturated rings. The topological polar surface area (TPSA) is 114 Å². The average Bonchev–Trinajstić information content (AvgIpc) is 3.22. The van der Waals surface area contributed by atoms with Gasteiger partial charge in [0, 0.05) is 18.9 Å². The van der Waals surface area contributed by atoms with Crippen LogP contribution in [0.15, 0.2) is 60.7 Å². The van der Waals surface area contributed by atoms with E-state index >= 15 is 0 Å². The number of ether oxygens (including phenoxy) is 1. The second-order valence-corrected chi connectivity index (χ2v) is 7.71. The predicted molar refractivity (Wildman–Crippen MR) is 149 cm³/mol. The molecule has 3 atom stereocenters. The Morgan fingerprint density at radius 2 is 1.57 bits per heavy atom. The van der Waals surface area contributed by atoms with Crippen LogP contribution in [0.3, 0.4) is 0 Å². The molecule has 2 aromatic rings. The summed E-state index contributed by atoms with van der Waals surface area (Å²) < 4.78 is 5.25. The van der Waals surface area contributed by atoms with E-state index in [9.17, 15) is 19.2 Å². The monoisotopic (exact) mass is 539 g/mol. The summed E-state index contributed by atoms with van der Waals surface area (Å²) >= 11 is 0. The van der Waals surface area contributed by atoms with Crippen molar-refractivity contribution in [2.75, 3.05) is 6.54 Å². The van der Waals surface area contributed by atoms with Crippen LogP contribution in [0.5, 0.6) is 0 Å². The summed E-state index contributed by atoms with van der Waals surface area (Å²) in [7, 11) is 0. The maximum atomic E-state index is 12.9. The highest BCUT2D eigenvalue weighted by Gasteiger charge is 2.30. The Bertz CT molecular complexity index is 935. The molecule has 35 heavy (non-hydrogen) atoms. The molecule has 0 spiro atoms. The Morgan fingerprint density at radius 1 is 0.971 bits per heavy atom. The fourth-order valence-electron chi connectivity index (χ4n) is 3.57. The lowest BCUT2D eigenvalue weighted by molar-refractivity contribution is -0.127. The second kappa shape index (κ2) is 16.9. The number of carbonyl (C=O) groups is 4. The molecule has 0 radical (unpaired) electrons. The molecule has 3 rings (SSSR count). The van der Waals surface area contributed by atoms with Gasteiger partial charge in [-0.1, -0.05) is 60.7 Å². The first kappa shape index (κ1) is 32.4. The van der Waals surface area contributed by atoms with Crippen molar-refractivity contribution in [1.82, 2.24) is 16.0 Å². The molecule has 0 saturated carbocycles. The Balaban J connectivity index is 0.00000385. The first-order valence-corrected chi connectivity index (χ1v) is 10.6. The van der Waals surface area contributed by atoms with Crippen LogP contribution in [0, 0.1) is 5.92 Å². The molecule has 3 amide bonds. The van der Waals surface area contributed by atoms with E-state index < -0.39 is 24.1 Å². The Morgan fingerprint density at radius 3 is 2.11 bits per heavy atom. The number of benzene rings is 2. The van der Waals surface area contributed by atoms with E-state index in [0.717, 1.165) is 11.1 Å². The second-order valence-electron chi connectivity index (χ2n) is 7.71. The van der Waals surface area contributed by atoms with Gasteiger partial charge in [-0.2, -0.15) is 40.5 Å². The summed E-state index contributed by atoms with van der Waals surface area (Å²) in [4.78, 5) is 48.7. The minimum atomic E-state index is -0.944. The van der Waals surface area contributed by atoms with Crippen molar-refractivity contribution in [1.29, 1.82) is 0 Å². The number of nitrogens with one attached hydrogen (secondary N) is 3. The number of aldehydes is 1. The summed E-state index contributed by atoms with van der Waals surface area (Å²) in [5.41, 5.74) is 1.66. The highest BCUT2D eigenvalue weighted by Crippen LogP contribution is 2.15. The highest BCUT2D eigenvalue weighted by atomic mass is 32.1. The van der Waals surface area contributed by atoms with Gasteiger partial charge in [0.1, 0.15) is 18.9 Å². The van der Waals surface area contributed by atoms with Crippen molar-refractivity contribution < 1.29 is 23.9 Å². The minimum Gasteiger partial charge on any atom is -0.445 e. The van der Waals surface area contributed by atoms with E-state index in [1.807, 2.05) is 60.7 Å². The van der Waals surface area contributed by atoms with E-state index in [1.54, 1.807) is 0 Å². The quantitative estimate of drug-likeness (QED) is 0.400. The maximum Gasteiger partial charge on any atom is 0.408 e. The fourth-order valence-corrected chi connectivity index (χ4v) is 3.57. The zero-order valence-electron chi connectivity index (χ0n) is 19.2. The van der Waals surface area contributed by atoms with Gasteiger partial charge in [0.15, 0.2) is 0 Å². The van der Waals surface area contributed by atoms with Crippen molar-refractivity contribution in [3.8, 4) is 0 Å². The van der Waals surface area contributed by atoms with Gasteiger partial charge in [-0.15, -0.1) is 0 Å². The lowest BCUT2D eigenvalue weighted by Gasteiger charge is -2.22. The van der Waals surface area contributed by atoms with Crippen molar-refractivity contribution in [3.05, 3.63) is 71.8 Å². The number of rotatable bonds is 10. The Labute approximate surface area is 226 Å². The fraction of sp³-hybridized carbons (Fsp3) is 0.333. The predicted octanol–water partition coefficient (Wildman–Crippen LogP) is 2.07. The van der Waals surface area contributed by atoms with Crippen molar-refractivity contribution in [3.63, 3.8) is 0 Å². The summed E-state index contributed by atoms with van der Waals surface area (Å²) in [5, 5.41) is 7.98. The van der Waals surface area contributed by atoms with Gasteiger partial charge in [0.25, 0.3) is 0 Å². The van der Waals surface area contributed by atoms with Crippen LogP contribution in [0.1, 0.15) is 24.0 Å². The van der Waals surface area contributed by atoms with E-state index in [4.69, 9.17) is 4.74 Å². The largest absolute Gasteiger partial charge is 0.445 e. The standard InChI is InChI=1S/C24H27N3O5.3H2S/c28-15-20(14-19-11-12-25-22(19)29)26-23(30)21(13-17-7-3-1-4-8-17)27-24(31)32-16-18-9-5-2-6-10-18;;;/h1-10,15,19-21H,11-14,16H2,(H,25,29)(H,26,30)(H,27,31);3*1H2/t19-,20-,21-;;;/m0.../s1. The molecule has 11 heteroatoms. The SMILES string of the molecule is O=C[C@H](C[C@@H]1CCNC1=O)NC(=O)[C@H](Cc1ccccc1)NC(=O)OCc1ccccc1.S.S.S. The molecule has 192 valence electrons. The first-order valence-electron chi connectivity index (χ1n) is 10.6. The summed E-state index contributed by atoms with van der Waals surface area (Å²) in [6, 6.07) is 16.7. The van der Waals surface area contributed by atoms with Gasteiger partial charge in [0.2, 0.25) is 11.8 Å². The molecule has 1 saturated heterocycles. The first-order chi connectivity index (χ1) is 15.5. The van der Waals surface area contributed by atoms with Gasteiger partial charge < -0.3 is 25.5 Å². The van der Waals surface area contributed by atoms with Crippen LogP contribution in [-0.2, 0) is 32.1 Å². The van der Waals surface area contributed by atoms with Crippen LogP contribution in [0.25, 0.3) is 0 Å². The number of carbonyl (C=O) groups excluding carboxylic acids is 4. The molecule has 8 nitrogen and oxygen atoms in total. The summed E-state index contributed by atoms with van der Waals surface area (Å²) in [6.45, 7) is 0.634. The molecule has 0 aromatic heterocycles. The molecular formula is C24H33N3O5S3. The zero-order chi connectivity index (χ0) is 22.8. The van der Waals surface area contributed by atoms with E-state index in [0.29, 0.717) is 19.3 Å². The number of alkyl carbamates (subject to hydrolysis) is 1. The summed E-state index contributed by atoms with van der Waals surface area (Å²) in [6.07, 6.45) is 0.954. The van der Waals surface area contributed by atoms with Crippen LogP contribution < -0.4 is 16.0 Å². The molecule has 0 aliphatic carbocycles. The van der Waals surface area contributed by atoms with E-state index in [1.165, 1.54) is 0 Å².